The average Bonchev–Trinajstić information content (AvgIpc) is 3.55. The number of rotatable bonds is 7. The fourth-order valence-corrected chi connectivity index (χ4v) is 6.28. The highest BCUT2D eigenvalue weighted by Gasteiger charge is 2.65. The van der Waals surface area contributed by atoms with E-state index in [9.17, 15) is 0 Å². The molecule has 1 aromatic heterocycles. The first-order chi connectivity index (χ1) is 15.7. The molecular formula is C23H40IN7O2. The Balaban J connectivity index is 0.00000259. The zero-order chi connectivity index (χ0) is 22.0. The topological polar surface area (TPSA) is 88.8 Å². The van der Waals surface area contributed by atoms with E-state index in [-0.39, 0.29) is 24.0 Å². The van der Waals surface area contributed by atoms with Gasteiger partial charge in [0.1, 0.15) is 12.4 Å². The third-order valence-electron chi connectivity index (χ3n) is 8.19. The number of aromatic nitrogens is 3. The van der Waals surface area contributed by atoms with Gasteiger partial charge in [0.2, 0.25) is 0 Å². The van der Waals surface area contributed by atoms with Crippen LogP contribution in [0.5, 0.6) is 0 Å². The summed E-state index contributed by atoms with van der Waals surface area (Å²) in [4.78, 5) is 7.42. The Morgan fingerprint density at radius 2 is 1.97 bits per heavy atom. The largest absolute Gasteiger partial charge is 0.379 e. The molecule has 2 saturated carbocycles. The number of nitrogens with one attached hydrogen (secondary N) is 2. The van der Waals surface area contributed by atoms with E-state index in [0.29, 0.717) is 30.0 Å². The summed E-state index contributed by atoms with van der Waals surface area (Å²) in [6, 6.07) is 0.462. The SMILES string of the molecule is Cc1nnc(CN=C(NCCCN2CCOCC2)NC2C3CCOC3C23CCCC3)n1C.I. The first-order valence-electron chi connectivity index (χ1n) is 12.5. The summed E-state index contributed by atoms with van der Waals surface area (Å²) in [5.41, 5.74) is 0.304. The minimum absolute atomic E-state index is 0. The number of morpholine rings is 1. The van der Waals surface area contributed by atoms with Crippen molar-refractivity contribution in [3.63, 3.8) is 0 Å². The summed E-state index contributed by atoms with van der Waals surface area (Å²) in [5, 5.41) is 16.0. The molecule has 9 nitrogen and oxygen atoms in total. The van der Waals surface area contributed by atoms with Gasteiger partial charge in [-0.05, 0) is 39.2 Å². The standard InChI is InChI=1S/C23H39N7O2.HI/c1-17-27-28-19(29(17)2)16-25-22(24-9-5-10-30-11-14-31-15-12-30)26-20-18-6-13-32-21(18)23(20)7-3-4-8-23;/h18,20-21H,3-16H2,1-2H3,(H2,24,25,26);1H. The van der Waals surface area contributed by atoms with Crippen LogP contribution in [0.25, 0.3) is 0 Å². The van der Waals surface area contributed by atoms with Crippen LogP contribution in [-0.2, 0) is 23.1 Å². The predicted octanol–water partition coefficient (Wildman–Crippen LogP) is 1.85. The van der Waals surface area contributed by atoms with Crippen LogP contribution in [0, 0.1) is 18.3 Å². The lowest BCUT2D eigenvalue weighted by atomic mass is 9.54. The number of halogens is 1. The van der Waals surface area contributed by atoms with Crippen LogP contribution < -0.4 is 10.6 Å². The summed E-state index contributed by atoms with van der Waals surface area (Å²) >= 11 is 0. The molecule has 4 fully saturated rings. The molecule has 186 valence electrons. The number of aryl methyl sites for hydroxylation is 1. The summed E-state index contributed by atoms with van der Waals surface area (Å²) < 4.78 is 13.7. The molecule has 1 aromatic rings. The van der Waals surface area contributed by atoms with Crippen LogP contribution in [0.15, 0.2) is 4.99 Å². The van der Waals surface area contributed by atoms with Gasteiger partial charge >= 0.3 is 0 Å². The molecule has 0 amide bonds. The van der Waals surface area contributed by atoms with E-state index in [1.54, 1.807) is 0 Å². The second kappa shape index (κ2) is 11.2. The van der Waals surface area contributed by atoms with E-state index in [2.05, 4.69) is 25.7 Å². The summed E-state index contributed by atoms with van der Waals surface area (Å²) in [6.45, 7) is 9.20. The van der Waals surface area contributed by atoms with Crippen LogP contribution in [0.2, 0.25) is 0 Å². The normalized spacial score (nSPS) is 28.9. The van der Waals surface area contributed by atoms with Gasteiger partial charge in [-0.2, -0.15) is 0 Å². The second-order valence-corrected chi connectivity index (χ2v) is 9.93. The van der Waals surface area contributed by atoms with Gasteiger partial charge in [0.25, 0.3) is 0 Å². The van der Waals surface area contributed by atoms with Crippen molar-refractivity contribution in [1.82, 2.24) is 30.3 Å². The van der Waals surface area contributed by atoms with Crippen molar-refractivity contribution in [2.24, 2.45) is 23.4 Å². The number of guanidine groups is 1. The smallest absolute Gasteiger partial charge is 0.191 e. The Bertz CT molecular complexity index is 805. The third-order valence-corrected chi connectivity index (χ3v) is 8.19. The maximum atomic E-state index is 6.18. The lowest BCUT2D eigenvalue weighted by molar-refractivity contribution is -0.125. The van der Waals surface area contributed by atoms with Gasteiger partial charge in [-0.1, -0.05) is 12.8 Å². The molecule has 0 aromatic carbocycles. The van der Waals surface area contributed by atoms with Crippen molar-refractivity contribution in [2.75, 3.05) is 46.0 Å². The molecule has 2 aliphatic carbocycles. The number of hydrogen-bond donors (Lipinski definition) is 2. The zero-order valence-electron chi connectivity index (χ0n) is 20.1. The Morgan fingerprint density at radius 3 is 2.70 bits per heavy atom. The molecule has 3 atom stereocenters. The molecule has 3 heterocycles. The molecule has 4 aliphatic rings. The first-order valence-corrected chi connectivity index (χ1v) is 12.5. The second-order valence-electron chi connectivity index (χ2n) is 9.93. The molecule has 1 spiro atoms. The highest BCUT2D eigenvalue weighted by atomic mass is 127. The molecule has 10 heteroatoms. The predicted molar refractivity (Wildman–Crippen MR) is 138 cm³/mol. The van der Waals surface area contributed by atoms with Crippen LogP contribution in [-0.4, -0.2) is 83.8 Å². The minimum atomic E-state index is 0. The minimum Gasteiger partial charge on any atom is -0.379 e. The molecule has 33 heavy (non-hydrogen) atoms. The third kappa shape index (κ3) is 5.18. The molecule has 2 N–H and O–H groups in total. The lowest BCUT2D eigenvalue weighted by Crippen LogP contribution is -2.69. The van der Waals surface area contributed by atoms with Crippen LogP contribution in [0.1, 0.15) is 50.2 Å². The number of aliphatic imine (C=N–C) groups is 1. The summed E-state index contributed by atoms with van der Waals surface area (Å²) in [6.07, 6.45) is 7.90. The van der Waals surface area contributed by atoms with Crippen LogP contribution >= 0.6 is 24.0 Å². The monoisotopic (exact) mass is 573 g/mol. The molecule has 3 unspecified atom stereocenters. The Morgan fingerprint density at radius 1 is 1.18 bits per heavy atom. The van der Waals surface area contributed by atoms with Gasteiger partial charge in [-0.3, -0.25) is 4.90 Å². The van der Waals surface area contributed by atoms with E-state index in [1.165, 1.54) is 25.7 Å². The van der Waals surface area contributed by atoms with Gasteiger partial charge in [-0.25, -0.2) is 4.99 Å². The first kappa shape index (κ1) is 25.1. The molecule has 5 rings (SSSR count). The van der Waals surface area contributed by atoms with Gasteiger partial charge in [0.15, 0.2) is 11.8 Å². The number of ether oxygens (including phenoxy) is 2. The summed E-state index contributed by atoms with van der Waals surface area (Å²) in [5.74, 6) is 3.33. The number of nitrogens with zero attached hydrogens (tertiary/aromatic N) is 5. The molecule has 2 aliphatic heterocycles. The summed E-state index contributed by atoms with van der Waals surface area (Å²) in [7, 11) is 2.00. The van der Waals surface area contributed by atoms with Crippen molar-refractivity contribution in [3.8, 4) is 0 Å². The van der Waals surface area contributed by atoms with Gasteiger partial charge in [0, 0.05) is 50.7 Å². The van der Waals surface area contributed by atoms with Crippen molar-refractivity contribution >= 4 is 29.9 Å². The van der Waals surface area contributed by atoms with Crippen molar-refractivity contribution in [1.29, 1.82) is 0 Å². The highest BCUT2D eigenvalue weighted by molar-refractivity contribution is 14.0. The number of fused-ring (bicyclic) bond motifs is 2. The van der Waals surface area contributed by atoms with Gasteiger partial charge in [0.05, 0.1) is 19.3 Å². The zero-order valence-corrected chi connectivity index (χ0v) is 22.4. The Hall–Kier alpha value is -0.980. The molecule has 0 radical (unpaired) electrons. The maximum Gasteiger partial charge on any atom is 0.191 e. The fraction of sp³-hybridized carbons (Fsp3) is 0.870. The maximum absolute atomic E-state index is 6.18. The van der Waals surface area contributed by atoms with E-state index in [0.717, 1.165) is 76.4 Å². The Kier molecular flexibility index (Phi) is 8.51. The van der Waals surface area contributed by atoms with Crippen molar-refractivity contribution in [2.45, 2.75) is 64.1 Å². The highest BCUT2D eigenvalue weighted by Crippen LogP contribution is 2.60. The van der Waals surface area contributed by atoms with Crippen molar-refractivity contribution < 1.29 is 9.47 Å². The van der Waals surface area contributed by atoms with Gasteiger partial charge < -0.3 is 24.7 Å². The average molecular weight is 574 g/mol. The number of hydrogen-bond acceptors (Lipinski definition) is 6. The molecule has 0 bridgehead atoms. The quantitative estimate of drug-likeness (QED) is 0.223. The molecular weight excluding hydrogens is 533 g/mol. The van der Waals surface area contributed by atoms with E-state index in [1.807, 2.05) is 18.5 Å². The Labute approximate surface area is 214 Å². The molecule has 2 saturated heterocycles. The van der Waals surface area contributed by atoms with E-state index >= 15 is 0 Å². The van der Waals surface area contributed by atoms with Crippen LogP contribution in [0.3, 0.4) is 0 Å². The van der Waals surface area contributed by atoms with E-state index in [4.69, 9.17) is 14.5 Å². The lowest BCUT2D eigenvalue weighted by Gasteiger charge is -2.57. The fourth-order valence-electron chi connectivity index (χ4n) is 6.28. The van der Waals surface area contributed by atoms with Gasteiger partial charge in [-0.15, -0.1) is 34.2 Å². The van der Waals surface area contributed by atoms with E-state index < -0.39 is 0 Å². The van der Waals surface area contributed by atoms with Crippen molar-refractivity contribution in [3.05, 3.63) is 11.6 Å². The van der Waals surface area contributed by atoms with Crippen LogP contribution in [0.4, 0.5) is 0 Å².